The molecule has 1 heteroatoms. The third-order valence-electron chi connectivity index (χ3n) is 3.65. The van der Waals surface area contributed by atoms with Crippen LogP contribution in [-0.2, 0) is 0 Å². The fourth-order valence-corrected chi connectivity index (χ4v) is 2.44. The van der Waals surface area contributed by atoms with Gasteiger partial charge in [-0.05, 0) is 50.5 Å². The van der Waals surface area contributed by atoms with Gasteiger partial charge in [0.2, 0.25) is 0 Å². The summed E-state index contributed by atoms with van der Waals surface area (Å²) in [4.78, 5) is 2.29. The third kappa shape index (κ3) is 2.77. The molecule has 0 amide bonds. The Morgan fingerprint density at radius 2 is 1.90 bits per heavy atom. The molecule has 104 valence electrons. The fourth-order valence-electron chi connectivity index (χ4n) is 2.44. The second-order valence-electron chi connectivity index (χ2n) is 5.25. The van der Waals surface area contributed by atoms with Crippen molar-refractivity contribution in [1.82, 2.24) is 4.90 Å². The van der Waals surface area contributed by atoms with Gasteiger partial charge in [-0.2, -0.15) is 0 Å². The predicted octanol–water partition coefficient (Wildman–Crippen LogP) is 5.08. The quantitative estimate of drug-likeness (QED) is 0.737. The Kier molecular flexibility index (Phi) is 4.29. The van der Waals surface area contributed by atoms with Crippen LogP contribution in [0.3, 0.4) is 0 Å². The maximum atomic E-state index is 4.08. The molecule has 0 fully saturated rings. The van der Waals surface area contributed by atoms with E-state index in [1.54, 1.807) is 0 Å². The van der Waals surface area contributed by atoms with Crippen LogP contribution in [0.5, 0.6) is 0 Å². The van der Waals surface area contributed by atoms with Crippen LogP contribution >= 0.6 is 0 Å². The highest BCUT2D eigenvalue weighted by molar-refractivity contribution is 5.82. The molecular formula is C19H23N. The van der Waals surface area contributed by atoms with Crippen molar-refractivity contribution in [2.45, 2.75) is 27.7 Å². The van der Waals surface area contributed by atoms with Crippen molar-refractivity contribution in [2.75, 3.05) is 6.54 Å². The number of nitrogens with zero attached hydrogens (tertiary/aromatic N) is 1. The molecule has 0 unspecified atom stereocenters. The Labute approximate surface area is 122 Å². The minimum Gasteiger partial charge on any atom is -0.347 e. The normalized spacial score (nSPS) is 17.0. The zero-order valence-corrected chi connectivity index (χ0v) is 12.9. The van der Waals surface area contributed by atoms with E-state index in [1.165, 1.54) is 28.0 Å². The van der Waals surface area contributed by atoms with E-state index in [-0.39, 0.29) is 0 Å². The maximum absolute atomic E-state index is 4.08. The summed E-state index contributed by atoms with van der Waals surface area (Å²) in [6.07, 6.45) is 6.62. The van der Waals surface area contributed by atoms with E-state index >= 15 is 0 Å². The lowest BCUT2D eigenvalue weighted by atomic mass is 9.93. The van der Waals surface area contributed by atoms with Crippen molar-refractivity contribution < 1.29 is 0 Å². The topological polar surface area (TPSA) is 3.24 Å². The molecule has 1 aromatic carbocycles. The first-order valence-electron chi connectivity index (χ1n) is 7.16. The van der Waals surface area contributed by atoms with E-state index in [0.717, 1.165) is 12.1 Å². The second-order valence-corrected chi connectivity index (χ2v) is 5.25. The summed E-state index contributed by atoms with van der Waals surface area (Å²) in [5.41, 5.74) is 7.39. The highest BCUT2D eigenvalue weighted by Crippen LogP contribution is 2.33. The minimum atomic E-state index is 0.958. The van der Waals surface area contributed by atoms with Gasteiger partial charge in [-0.1, -0.05) is 42.5 Å². The number of likely N-dealkylation sites (N-methyl/N-ethyl adjacent to an activating group) is 1. The first kappa shape index (κ1) is 14.4. The minimum absolute atomic E-state index is 0.958. The lowest BCUT2D eigenvalue weighted by Crippen LogP contribution is -2.21. The van der Waals surface area contributed by atoms with Gasteiger partial charge in [-0.25, -0.2) is 0 Å². The van der Waals surface area contributed by atoms with Gasteiger partial charge >= 0.3 is 0 Å². The monoisotopic (exact) mass is 265 g/mol. The molecule has 0 spiro atoms. The largest absolute Gasteiger partial charge is 0.347 e. The average molecular weight is 265 g/mol. The van der Waals surface area contributed by atoms with Gasteiger partial charge in [0.05, 0.1) is 0 Å². The second kappa shape index (κ2) is 5.96. The lowest BCUT2D eigenvalue weighted by molar-refractivity contribution is 0.503. The molecule has 0 N–H and O–H groups in total. The zero-order valence-electron chi connectivity index (χ0n) is 12.9. The van der Waals surface area contributed by atoms with Crippen molar-refractivity contribution in [1.29, 1.82) is 0 Å². The standard InChI is InChI=1S/C19H23N/c1-6-19-18(16-10-8-15(5)9-11-16)12-17(14(3)4)13-20(19)7-2/h6,8-13H,3,7H2,1-2,4-5H3. The SMILES string of the molecule is C=C(C)C1=CN(CC)C(=CC)C(c2ccc(C)cc2)=C1. The molecule has 0 aromatic heterocycles. The summed E-state index contributed by atoms with van der Waals surface area (Å²) in [5, 5.41) is 0. The van der Waals surface area contributed by atoms with Gasteiger partial charge in [0, 0.05) is 24.0 Å². The summed E-state index contributed by atoms with van der Waals surface area (Å²) >= 11 is 0. The zero-order chi connectivity index (χ0) is 14.7. The Morgan fingerprint density at radius 1 is 1.25 bits per heavy atom. The van der Waals surface area contributed by atoms with Gasteiger partial charge in [-0.3, -0.25) is 0 Å². The van der Waals surface area contributed by atoms with Crippen molar-refractivity contribution in [3.63, 3.8) is 0 Å². The van der Waals surface area contributed by atoms with Crippen molar-refractivity contribution in [2.24, 2.45) is 0 Å². The first-order valence-corrected chi connectivity index (χ1v) is 7.16. The molecule has 0 bridgehead atoms. The Bertz CT molecular complexity index is 597. The molecule has 20 heavy (non-hydrogen) atoms. The van der Waals surface area contributed by atoms with Crippen molar-refractivity contribution >= 4 is 5.57 Å². The van der Waals surface area contributed by atoms with Crippen LogP contribution in [0.15, 0.2) is 66.0 Å². The van der Waals surface area contributed by atoms with E-state index in [9.17, 15) is 0 Å². The van der Waals surface area contributed by atoms with Crippen LogP contribution in [0, 0.1) is 6.92 Å². The highest BCUT2D eigenvalue weighted by Gasteiger charge is 2.18. The Balaban J connectivity index is 2.54. The molecule has 0 saturated carbocycles. The molecule has 1 nitrogen and oxygen atoms in total. The Hall–Kier alpha value is -2.02. The number of aryl methyl sites for hydroxylation is 1. The van der Waals surface area contributed by atoms with E-state index in [0.29, 0.717) is 0 Å². The van der Waals surface area contributed by atoms with Crippen LogP contribution in [-0.4, -0.2) is 11.4 Å². The summed E-state index contributed by atoms with van der Waals surface area (Å²) < 4.78 is 0. The van der Waals surface area contributed by atoms with E-state index in [4.69, 9.17) is 0 Å². The molecule has 0 saturated heterocycles. The van der Waals surface area contributed by atoms with Crippen LogP contribution in [0.4, 0.5) is 0 Å². The summed E-state index contributed by atoms with van der Waals surface area (Å²) in [5.74, 6) is 0. The smallest absolute Gasteiger partial charge is 0.0442 e. The Morgan fingerprint density at radius 3 is 2.40 bits per heavy atom. The maximum Gasteiger partial charge on any atom is 0.0442 e. The molecule has 1 aliphatic heterocycles. The fraction of sp³-hybridized carbons (Fsp3) is 0.263. The molecule has 0 aliphatic carbocycles. The highest BCUT2D eigenvalue weighted by atomic mass is 15.1. The van der Waals surface area contributed by atoms with Crippen molar-refractivity contribution in [3.05, 3.63) is 77.2 Å². The molecule has 1 aliphatic rings. The third-order valence-corrected chi connectivity index (χ3v) is 3.65. The average Bonchev–Trinajstić information content (AvgIpc) is 2.46. The van der Waals surface area contributed by atoms with Crippen molar-refractivity contribution in [3.8, 4) is 0 Å². The van der Waals surface area contributed by atoms with Gasteiger partial charge < -0.3 is 4.90 Å². The van der Waals surface area contributed by atoms with Crippen LogP contribution in [0.2, 0.25) is 0 Å². The van der Waals surface area contributed by atoms with Gasteiger partial charge in [0.15, 0.2) is 0 Å². The van der Waals surface area contributed by atoms with Crippen LogP contribution in [0.25, 0.3) is 5.57 Å². The molecule has 1 heterocycles. The number of allylic oxidation sites excluding steroid dienone is 5. The molecular weight excluding hydrogens is 242 g/mol. The van der Waals surface area contributed by atoms with Gasteiger partial charge in [0.1, 0.15) is 0 Å². The molecule has 1 aromatic rings. The predicted molar refractivity (Wildman–Crippen MR) is 88.2 cm³/mol. The number of rotatable bonds is 3. The van der Waals surface area contributed by atoms with Gasteiger partial charge in [-0.15, -0.1) is 0 Å². The number of hydrogen-bond donors (Lipinski definition) is 0. The lowest BCUT2D eigenvalue weighted by Gasteiger charge is -2.29. The first-order chi connectivity index (χ1) is 9.56. The van der Waals surface area contributed by atoms with Gasteiger partial charge in [0.25, 0.3) is 0 Å². The summed E-state index contributed by atoms with van der Waals surface area (Å²) in [6, 6.07) is 8.72. The number of benzene rings is 1. The molecule has 0 radical (unpaired) electrons. The van der Waals surface area contributed by atoms with Crippen LogP contribution in [0.1, 0.15) is 31.9 Å². The van der Waals surface area contributed by atoms with Crippen LogP contribution < -0.4 is 0 Å². The van der Waals surface area contributed by atoms with E-state index in [1.807, 2.05) is 0 Å². The number of hydrogen-bond acceptors (Lipinski definition) is 1. The summed E-state index contributed by atoms with van der Waals surface area (Å²) in [6.45, 7) is 13.5. The summed E-state index contributed by atoms with van der Waals surface area (Å²) in [7, 11) is 0. The molecule has 2 rings (SSSR count). The molecule has 0 atom stereocenters. The van der Waals surface area contributed by atoms with E-state index in [2.05, 4.69) is 81.8 Å². The van der Waals surface area contributed by atoms with E-state index < -0.39 is 0 Å².